The highest BCUT2D eigenvalue weighted by Crippen LogP contribution is 2.09. The number of halogens is 1. The zero-order valence-corrected chi connectivity index (χ0v) is 6.63. The lowest BCUT2D eigenvalue weighted by atomic mass is 10.1. The maximum atomic E-state index is 12.8. The summed E-state index contributed by atoms with van der Waals surface area (Å²) >= 11 is 0. The van der Waals surface area contributed by atoms with Crippen LogP contribution in [0, 0.1) is 12.7 Å². The van der Waals surface area contributed by atoms with E-state index in [0.29, 0.717) is 0 Å². The maximum absolute atomic E-state index is 12.8. The molecule has 0 aliphatic rings. The van der Waals surface area contributed by atoms with Crippen LogP contribution in [0.2, 0.25) is 0 Å². The molecular weight excluding hydrogens is 159 g/mol. The largest absolute Gasteiger partial charge is 0.465 e. The standard InChI is InChI=1S/C9H8FO2/c1-6-3-4-7(5-8(6)10)9(11)12-2/h3-5H,1H2,2H3. The molecule has 1 radical (unpaired) electrons. The van der Waals surface area contributed by atoms with Crippen LogP contribution in [0.25, 0.3) is 0 Å². The molecule has 0 atom stereocenters. The van der Waals surface area contributed by atoms with Gasteiger partial charge in [-0.05, 0) is 24.6 Å². The molecule has 2 nitrogen and oxygen atoms in total. The molecule has 1 aromatic rings. The third-order valence-electron chi connectivity index (χ3n) is 1.47. The van der Waals surface area contributed by atoms with Gasteiger partial charge in [-0.3, -0.25) is 0 Å². The van der Waals surface area contributed by atoms with E-state index in [1.54, 1.807) is 0 Å². The lowest BCUT2D eigenvalue weighted by molar-refractivity contribution is 0.0600. The van der Waals surface area contributed by atoms with Gasteiger partial charge in [-0.15, -0.1) is 0 Å². The van der Waals surface area contributed by atoms with E-state index in [1.165, 1.54) is 19.2 Å². The van der Waals surface area contributed by atoms with Crippen LogP contribution in [0.5, 0.6) is 0 Å². The van der Waals surface area contributed by atoms with Crippen LogP contribution in [-0.4, -0.2) is 13.1 Å². The van der Waals surface area contributed by atoms with E-state index in [9.17, 15) is 9.18 Å². The Labute approximate surface area is 70.0 Å². The number of carbonyl (C=O) groups excluding carboxylic acids is 1. The number of hydrogen-bond acceptors (Lipinski definition) is 2. The van der Waals surface area contributed by atoms with E-state index in [2.05, 4.69) is 11.7 Å². The molecule has 0 heterocycles. The molecule has 63 valence electrons. The topological polar surface area (TPSA) is 26.3 Å². The SMILES string of the molecule is [CH2]c1ccc(C(=O)OC)cc1F. The first-order chi connectivity index (χ1) is 5.65. The van der Waals surface area contributed by atoms with Gasteiger partial charge in [0.2, 0.25) is 0 Å². The fourth-order valence-corrected chi connectivity index (χ4v) is 0.792. The summed E-state index contributed by atoms with van der Waals surface area (Å²) in [7, 11) is 1.25. The van der Waals surface area contributed by atoms with Crippen LogP contribution in [0.3, 0.4) is 0 Å². The summed E-state index contributed by atoms with van der Waals surface area (Å²) < 4.78 is 17.2. The van der Waals surface area contributed by atoms with Crippen molar-refractivity contribution in [3.05, 3.63) is 42.1 Å². The average Bonchev–Trinajstić information content (AvgIpc) is 2.08. The average molecular weight is 167 g/mol. The summed E-state index contributed by atoms with van der Waals surface area (Å²) in [5.41, 5.74) is 0.463. The first-order valence-corrected chi connectivity index (χ1v) is 3.35. The number of methoxy groups -OCH3 is 1. The first-order valence-electron chi connectivity index (χ1n) is 3.35. The van der Waals surface area contributed by atoms with Crippen LogP contribution in [-0.2, 0) is 4.74 Å². The number of esters is 1. The van der Waals surface area contributed by atoms with Crippen molar-refractivity contribution in [2.45, 2.75) is 0 Å². The number of rotatable bonds is 1. The fraction of sp³-hybridized carbons (Fsp3) is 0.111. The highest BCUT2D eigenvalue weighted by molar-refractivity contribution is 5.89. The van der Waals surface area contributed by atoms with Crippen molar-refractivity contribution in [3.8, 4) is 0 Å². The van der Waals surface area contributed by atoms with Crippen LogP contribution >= 0.6 is 0 Å². The van der Waals surface area contributed by atoms with Gasteiger partial charge < -0.3 is 4.74 Å². The molecule has 0 N–H and O–H groups in total. The molecule has 1 aromatic carbocycles. The molecule has 0 aliphatic carbocycles. The minimum Gasteiger partial charge on any atom is -0.465 e. The zero-order chi connectivity index (χ0) is 9.14. The molecule has 0 aliphatic heterocycles. The highest BCUT2D eigenvalue weighted by Gasteiger charge is 2.06. The van der Waals surface area contributed by atoms with Gasteiger partial charge in [-0.2, -0.15) is 0 Å². The van der Waals surface area contributed by atoms with E-state index < -0.39 is 11.8 Å². The monoisotopic (exact) mass is 167 g/mol. The fourth-order valence-electron chi connectivity index (χ4n) is 0.792. The first kappa shape index (κ1) is 8.71. The van der Waals surface area contributed by atoms with Gasteiger partial charge in [0.25, 0.3) is 0 Å². The Morgan fingerprint density at radius 3 is 2.75 bits per heavy atom. The molecule has 0 bridgehead atoms. The molecule has 0 amide bonds. The molecule has 12 heavy (non-hydrogen) atoms. The summed E-state index contributed by atoms with van der Waals surface area (Å²) in [5, 5.41) is 0. The minimum absolute atomic E-state index is 0.197. The number of hydrogen-bond donors (Lipinski definition) is 0. The normalized spacial score (nSPS) is 9.58. The predicted octanol–water partition coefficient (Wildman–Crippen LogP) is 1.79. The van der Waals surface area contributed by atoms with E-state index in [1.807, 2.05) is 0 Å². The van der Waals surface area contributed by atoms with E-state index >= 15 is 0 Å². The zero-order valence-electron chi connectivity index (χ0n) is 6.63. The highest BCUT2D eigenvalue weighted by atomic mass is 19.1. The Morgan fingerprint density at radius 1 is 1.58 bits per heavy atom. The van der Waals surface area contributed by atoms with Gasteiger partial charge in [-0.1, -0.05) is 6.07 Å². The molecule has 0 fully saturated rings. The van der Waals surface area contributed by atoms with Crippen molar-refractivity contribution in [2.75, 3.05) is 7.11 Å². The minimum atomic E-state index is -0.547. The third kappa shape index (κ3) is 1.61. The molecule has 1 rings (SSSR count). The Balaban J connectivity index is 3.05. The van der Waals surface area contributed by atoms with Crippen molar-refractivity contribution >= 4 is 5.97 Å². The van der Waals surface area contributed by atoms with Crippen LogP contribution in [0.4, 0.5) is 4.39 Å². The van der Waals surface area contributed by atoms with Gasteiger partial charge >= 0.3 is 5.97 Å². The smallest absolute Gasteiger partial charge is 0.337 e. The molecular formula is C9H8FO2. The molecule has 0 saturated heterocycles. The Bertz CT molecular complexity index is 307. The summed E-state index contributed by atoms with van der Waals surface area (Å²) in [4.78, 5) is 10.9. The molecule has 0 saturated carbocycles. The predicted molar refractivity (Wildman–Crippen MR) is 42.2 cm³/mol. The molecule has 3 heteroatoms. The van der Waals surface area contributed by atoms with Crippen molar-refractivity contribution in [1.29, 1.82) is 0 Å². The quantitative estimate of drug-likeness (QED) is 0.596. The summed E-state index contributed by atoms with van der Waals surface area (Å²) in [6.07, 6.45) is 0. The Morgan fingerprint density at radius 2 is 2.25 bits per heavy atom. The lowest BCUT2D eigenvalue weighted by Gasteiger charge is -2.00. The van der Waals surface area contributed by atoms with Crippen LogP contribution in [0.1, 0.15) is 15.9 Å². The second kappa shape index (κ2) is 3.34. The van der Waals surface area contributed by atoms with Crippen molar-refractivity contribution < 1.29 is 13.9 Å². The molecule has 0 spiro atoms. The van der Waals surface area contributed by atoms with E-state index in [0.717, 1.165) is 6.07 Å². The molecule has 0 unspecified atom stereocenters. The second-order valence-corrected chi connectivity index (χ2v) is 2.30. The van der Waals surface area contributed by atoms with Crippen molar-refractivity contribution in [2.24, 2.45) is 0 Å². The van der Waals surface area contributed by atoms with Crippen LogP contribution < -0.4 is 0 Å². The van der Waals surface area contributed by atoms with Crippen LogP contribution in [0.15, 0.2) is 18.2 Å². The summed E-state index contributed by atoms with van der Waals surface area (Å²) in [6, 6.07) is 4.01. The van der Waals surface area contributed by atoms with Crippen molar-refractivity contribution in [1.82, 2.24) is 0 Å². The van der Waals surface area contributed by atoms with Crippen molar-refractivity contribution in [3.63, 3.8) is 0 Å². The van der Waals surface area contributed by atoms with Gasteiger partial charge in [0.1, 0.15) is 5.82 Å². The van der Waals surface area contributed by atoms with E-state index in [-0.39, 0.29) is 11.1 Å². The Kier molecular flexibility index (Phi) is 2.43. The third-order valence-corrected chi connectivity index (χ3v) is 1.47. The number of benzene rings is 1. The second-order valence-electron chi connectivity index (χ2n) is 2.30. The van der Waals surface area contributed by atoms with E-state index in [4.69, 9.17) is 0 Å². The van der Waals surface area contributed by atoms with Gasteiger partial charge in [0.15, 0.2) is 0 Å². The molecule has 0 aromatic heterocycles. The summed E-state index contributed by atoms with van der Waals surface area (Å²) in [5.74, 6) is -1.05. The number of ether oxygens (including phenoxy) is 1. The number of carbonyl (C=O) groups is 1. The Hall–Kier alpha value is -1.38. The lowest BCUT2D eigenvalue weighted by Crippen LogP contribution is -2.01. The van der Waals surface area contributed by atoms with Gasteiger partial charge in [0.05, 0.1) is 12.7 Å². The summed E-state index contributed by atoms with van der Waals surface area (Å²) in [6.45, 7) is 3.42. The van der Waals surface area contributed by atoms with Gasteiger partial charge in [0, 0.05) is 0 Å². The van der Waals surface area contributed by atoms with Gasteiger partial charge in [-0.25, -0.2) is 9.18 Å². The maximum Gasteiger partial charge on any atom is 0.337 e.